The maximum atomic E-state index is 13.3. The van der Waals surface area contributed by atoms with Crippen LogP contribution in [0, 0.1) is 23.2 Å². The van der Waals surface area contributed by atoms with Gasteiger partial charge in [-0.05, 0) is 62.4 Å². The van der Waals surface area contributed by atoms with Crippen LogP contribution in [0.3, 0.4) is 0 Å². The summed E-state index contributed by atoms with van der Waals surface area (Å²) in [6.07, 6.45) is 0.685. The zero-order chi connectivity index (χ0) is 26.5. The Bertz CT molecular complexity index is 1320. The molecule has 0 spiro atoms. The van der Waals surface area contributed by atoms with Gasteiger partial charge < -0.3 is 19.9 Å². The first-order chi connectivity index (χ1) is 17.6. The maximum absolute atomic E-state index is 13.3. The number of aromatic nitrogens is 3. The molecule has 1 fully saturated rings. The van der Waals surface area contributed by atoms with E-state index in [4.69, 9.17) is 4.74 Å². The summed E-state index contributed by atoms with van der Waals surface area (Å²) in [4.78, 5) is 8.66. The summed E-state index contributed by atoms with van der Waals surface area (Å²) >= 11 is 0. The second-order valence-electron chi connectivity index (χ2n) is 9.58. The number of alkyl halides is 3. The van der Waals surface area contributed by atoms with Gasteiger partial charge in [-0.2, -0.15) is 18.4 Å². The molecule has 1 aliphatic heterocycles. The third kappa shape index (κ3) is 7.00. The first-order valence-electron chi connectivity index (χ1n) is 12.1. The number of pyridine rings is 2. The minimum Gasteiger partial charge on any atom is -0.381 e. The fourth-order valence-electron chi connectivity index (χ4n) is 4.10. The molecule has 1 aliphatic rings. The Morgan fingerprint density at radius 3 is 2.59 bits per heavy atom. The summed E-state index contributed by atoms with van der Waals surface area (Å²) in [5.74, 6) is 5.76. The zero-order valence-electron chi connectivity index (χ0n) is 20.8. The number of hydrogen-bond acceptors (Lipinski definition) is 6. The fraction of sp³-hybridized carbons (Fsp3) is 0.444. The van der Waals surface area contributed by atoms with Crippen LogP contribution in [0.2, 0.25) is 0 Å². The molecule has 0 atom stereocenters. The SMILES string of the molecule is CC(C)(C#N)c1ccc(NCC#Cc2cc3cc(CNC4CCOCC4)cnc3n2CC(F)(F)F)cn1. The normalized spacial score (nSPS) is 14.7. The van der Waals surface area contributed by atoms with Crippen molar-refractivity contribution >= 4 is 16.7 Å². The Kier molecular flexibility index (Phi) is 8.01. The first kappa shape index (κ1) is 26.5. The smallest absolute Gasteiger partial charge is 0.381 e. The molecule has 0 aliphatic carbocycles. The van der Waals surface area contributed by atoms with Crippen molar-refractivity contribution in [3.8, 4) is 17.9 Å². The van der Waals surface area contributed by atoms with E-state index >= 15 is 0 Å². The number of rotatable bonds is 7. The predicted molar refractivity (Wildman–Crippen MR) is 135 cm³/mol. The van der Waals surface area contributed by atoms with Gasteiger partial charge in [0, 0.05) is 37.4 Å². The number of ether oxygens (including phenoxy) is 1. The number of hydrogen-bond donors (Lipinski definition) is 2. The summed E-state index contributed by atoms with van der Waals surface area (Å²) in [6, 6.07) is 9.64. The van der Waals surface area contributed by atoms with Gasteiger partial charge in [-0.25, -0.2) is 4.98 Å². The molecule has 0 bridgehead atoms. The third-order valence-corrected chi connectivity index (χ3v) is 6.22. The van der Waals surface area contributed by atoms with Crippen LogP contribution in [0.25, 0.3) is 11.0 Å². The van der Waals surface area contributed by atoms with Crippen LogP contribution in [0.15, 0.2) is 36.7 Å². The highest BCUT2D eigenvalue weighted by Crippen LogP contribution is 2.25. The highest BCUT2D eigenvalue weighted by Gasteiger charge is 2.30. The van der Waals surface area contributed by atoms with E-state index in [1.807, 2.05) is 6.07 Å². The molecule has 0 amide bonds. The van der Waals surface area contributed by atoms with Crippen LogP contribution in [0.5, 0.6) is 0 Å². The Morgan fingerprint density at radius 1 is 1.14 bits per heavy atom. The first-order valence-corrected chi connectivity index (χ1v) is 12.1. The highest BCUT2D eigenvalue weighted by atomic mass is 19.4. The Balaban J connectivity index is 1.48. The second-order valence-corrected chi connectivity index (χ2v) is 9.58. The summed E-state index contributed by atoms with van der Waals surface area (Å²) in [7, 11) is 0. The van der Waals surface area contributed by atoms with Crippen LogP contribution in [-0.4, -0.2) is 46.5 Å². The summed E-state index contributed by atoms with van der Waals surface area (Å²) in [5.41, 5.74) is 2.06. The Morgan fingerprint density at radius 2 is 1.92 bits per heavy atom. The van der Waals surface area contributed by atoms with Gasteiger partial charge >= 0.3 is 6.18 Å². The van der Waals surface area contributed by atoms with E-state index in [9.17, 15) is 18.4 Å². The van der Waals surface area contributed by atoms with E-state index in [2.05, 4.69) is 38.5 Å². The van der Waals surface area contributed by atoms with E-state index in [-0.39, 0.29) is 17.9 Å². The molecule has 2 N–H and O–H groups in total. The average molecular weight is 511 g/mol. The van der Waals surface area contributed by atoms with E-state index < -0.39 is 18.1 Å². The number of fused-ring (bicyclic) bond motifs is 1. The lowest BCUT2D eigenvalue weighted by Crippen LogP contribution is -2.34. The molecule has 0 radical (unpaired) electrons. The van der Waals surface area contributed by atoms with Crippen LogP contribution in [-0.2, 0) is 23.2 Å². The van der Waals surface area contributed by atoms with Crippen LogP contribution >= 0.6 is 0 Å². The maximum Gasteiger partial charge on any atom is 0.406 e. The zero-order valence-corrected chi connectivity index (χ0v) is 20.8. The number of anilines is 1. The van der Waals surface area contributed by atoms with E-state index in [1.54, 1.807) is 44.4 Å². The number of nitrogens with one attached hydrogen (secondary N) is 2. The third-order valence-electron chi connectivity index (χ3n) is 6.22. The molecular weight excluding hydrogens is 481 g/mol. The molecule has 0 unspecified atom stereocenters. The van der Waals surface area contributed by atoms with Crippen LogP contribution in [0.1, 0.15) is 43.6 Å². The lowest BCUT2D eigenvalue weighted by molar-refractivity contribution is -0.140. The van der Waals surface area contributed by atoms with Gasteiger partial charge in [0.15, 0.2) is 0 Å². The molecular formula is C27H29F3N6O. The molecule has 3 aromatic rings. The van der Waals surface area contributed by atoms with Crippen molar-refractivity contribution in [3.63, 3.8) is 0 Å². The molecule has 194 valence electrons. The average Bonchev–Trinajstić information content (AvgIpc) is 3.21. The van der Waals surface area contributed by atoms with Crippen molar-refractivity contribution < 1.29 is 17.9 Å². The van der Waals surface area contributed by atoms with E-state index in [1.165, 1.54) is 0 Å². The molecule has 0 saturated carbocycles. The van der Waals surface area contributed by atoms with Gasteiger partial charge in [0.2, 0.25) is 0 Å². The monoisotopic (exact) mass is 510 g/mol. The standard InChI is InChI=1S/C27H29F3N6O/c1-26(2,17-31)24-6-5-22(16-34-24)32-9-3-4-23-13-20-12-19(14-33-21-7-10-37-11-8-21)15-35-25(20)36(23)18-27(28,29)30/h5-6,12-13,15-16,21,32-33H,7-11,14,18H2,1-2H3. The largest absolute Gasteiger partial charge is 0.406 e. The number of halogens is 3. The Labute approximate surface area is 214 Å². The predicted octanol–water partition coefficient (Wildman–Crippen LogP) is 4.53. The summed E-state index contributed by atoms with van der Waals surface area (Å²) in [6.45, 7) is 4.66. The van der Waals surface area contributed by atoms with Gasteiger partial charge in [-0.1, -0.05) is 5.92 Å². The van der Waals surface area contributed by atoms with Crippen molar-refractivity contribution in [3.05, 3.63) is 53.6 Å². The van der Waals surface area contributed by atoms with Gasteiger partial charge in [0.25, 0.3) is 0 Å². The van der Waals surface area contributed by atoms with E-state index in [0.29, 0.717) is 29.4 Å². The quantitative estimate of drug-likeness (QED) is 0.455. The lowest BCUT2D eigenvalue weighted by Gasteiger charge is -2.23. The minimum atomic E-state index is -4.41. The molecule has 4 heterocycles. The topological polar surface area (TPSA) is 87.8 Å². The summed E-state index contributed by atoms with van der Waals surface area (Å²) in [5, 5.41) is 16.4. The lowest BCUT2D eigenvalue weighted by atomic mass is 9.91. The summed E-state index contributed by atoms with van der Waals surface area (Å²) < 4.78 is 46.5. The second kappa shape index (κ2) is 11.2. The molecule has 37 heavy (non-hydrogen) atoms. The van der Waals surface area contributed by atoms with Crippen molar-refractivity contribution in [1.29, 1.82) is 5.26 Å². The number of nitriles is 1. The van der Waals surface area contributed by atoms with Gasteiger partial charge in [0.05, 0.1) is 41.3 Å². The molecule has 4 rings (SSSR count). The Hall–Kier alpha value is -3.60. The van der Waals surface area contributed by atoms with Gasteiger partial charge in [-0.3, -0.25) is 4.98 Å². The van der Waals surface area contributed by atoms with E-state index in [0.717, 1.165) is 36.2 Å². The fourth-order valence-corrected chi connectivity index (χ4v) is 4.10. The van der Waals surface area contributed by atoms with Crippen molar-refractivity contribution in [2.24, 2.45) is 0 Å². The van der Waals surface area contributed by atoms with Crippen molar-refractivity contribution in [2.45, 2.75) is 57.4 Å². The van der Waals surface area contributed by atoms with Crippen molar-refractivity contribution in [1.82, 2.24) is 19.9 Å². The minimum absolute atomic E-state index is 0.212. The number of nitrogens with zero attached hydrogens (tertiary/aromatic N) is 4. The van der Waals surface area contributed by atoms with Crippen molar-refractivity contribution in [2.75, 3.05) is 25.1 Å². The molecule has 10 heteroatoms. The molecule has 1 saturated heterocycles. The highest BCUT2D eigenvalue weighted by molar-refractivity contribution is 5.79. The van der Waals surface area contributed by atoms with Gasteiger partial charge in [0.1, 0.15) is 12.2 Å². The van der Waals surface area contributed by atoms with Gasteiger partial charge in [-0.15, -0.1) is 0 Å². The van der Waals surface area contributed by atoms with Crippen LogP contribution in [0.4, 0.5) is 18.9 Å². The molecule has 3 aromatic heterocycles. The molecule has 0 aromatic carbocycles. The molecule has 7 nitrogen and oxygen atoms in total. The van der Waals surface area contributed by atoms with Crippen LogP contribution < -0.4 is 10.6 Å².